The van der Waals surface area contributed by atoms with E-state index in [2.05, 4.69) is 16.3 Å². The van der Waals surface area contributed by atoms with Gasteiger partial charge in [0.1, 0.15) is 6.04 Å². The molecule has 0 aromatic carbocycles. The highest BCUT2D eigenvalue weighted by atomic mass is 16.5. The molecule has 1 heterocycles. The molecule has 0 spiro atoms. The summed E-state index contributed by atoms with van der Waals surface area (Å²) in [6, 6.07) is 3.00. The largest absolute Gasteiger partial charge is 0.384 e. The van der Waals surface area contributed by atoms with Crippen molar-refractivity contribution in [1.29, 1.82) is 5.26 Å². The summed E-state index contributed by atoms with van der Waals surface area (Å²) < 4.78 is 5.23. The molecule has 4 heteroatoms. The average Bonchev–Trinajstić information content (AvgIpc) is 3.13. The Bertz CT molecular complexity index is 270. The van der Waals surface area contributed by atoms with Crippen molar-refractivity contribution in [3.05, 3.63) is 0 Å². The van der Waals surface area contributed by atoms with Crippen LogP contribution in [-0.4, -0.2) is 50.3 Å². The molecule has 1 saturated carbocycles. The predicted molar refractivity (Wildman–Crippen MR) is 66.6 cm³/mol. The van der Waals surface area contributed by atoms with Crippen molar-refractivity contribution in [2.45, 2.75) is 37.8 Å². The normalized spacial score (nSPS) is 27.6. The SMILES string of the molecule is COCC1CCCN(CC(C#N)NC2CC2)C1. The van der Waals surface area contributed by atoms with Crippen molar-refractivity contribution in [3.8, 4) is 6.07 Å². The molecule has 1 N–H and O–H groups in total. The number of likely N-dealkylation sites (tertiary alicyclic amines) is 1. The fourth-order valence-electron chi connectivity index (χ4n) is 2.61. The van der Waals surface area contributed by atoms with Gasteiger partial charge in [0.25, 0.3) is 0 Å². The van der Waals surface area contributed by atoms with Crippen LogP contribution >= 0.6 is 0 Å². The first kappa shape index (κ1) is 12.8. The second kappa shape index (κ2) is 6.34. The van der Waals surface area contributed by atoms with Gasteiger partial charge in [-0.1, -0.05) is 0 Å². The van der Waals surface area contributed by atoms with Crippen molar-refractivity contribution < 1.29 is 4.74 Å². The molecular weight excluding hydrogens is 214 g/mol. The first-order valence-corrected chi connectivity index (χ1v) is 6.68. The van der Waals surface area contributed by atoms with E-state index >= 15 is 0 Å². The van der Waals surface area contributed by atoms with Crippen molar-refractivity contribution in [1.82, 2.24) is 10.2 Å². The zero-order chi connectivity index (χ0) is 12.1. The van der Waals surface area contributed by atoms with Crippen LogP contribution in [0.1, 0.15) is 25.7 Å². The molecule has 2 unspecified atom stereocenters. The molecule has 96 valence electrons. The third-order valence-corrected chi connectivity index (χ3v) is 3.62. The van der Waals surface area contributed by atoms with Crippen molar-refractivity contribution in [3.63, 3.8) is 0 Å². The van der Waals surface area contributed by atoms with Crippen LogP contribution in [0.15, 0.2) is 0 Å². The minimum atomic E-state index is 0.00351. The Labute approximate surface area is 104 Å². The molecule has 0 amide bonds. The lowest BCUT2D eigenvalue weighted by atomic mass is 9.98. The van der Waals surface area contributed by atoms with Gasteiger partial charge in [-0.05, 0) is 38.1 Å². The number of nitriles is 1. The molecule has 1 saturated heterocycles. The molecule has 0 radical (unpaired) electrons. The lowest BCUT2D eigenvalue weighted by Crippen LogP contribution is -2.45. The summed E-state index contributed by atoms with van der Waals surface area (Å²) in [5.41, 5.74) is 0. The van der Waals surface area contributed by atoms with Crippen LogP contribution in [0.2, 0.25) is 0 Å². The molecule has 17 heavy (non-hydrogen) atoms. The van der Waals surface area contributed by atoms with Crippen LogP contribution in [-0.2, 0) is 4.74 Å². The van der Waals surface area contributed by atoms with Crippen LogP contribution in [0, 0.1) is 17.2 Å². The molecule has 2 fully saturated rings. The highest BCUT2D eigenvalue weighted by Crippen LogP contribution is 2.20. The van der Waals surface area contributed by atoms with Gasteiger partial charge in [0.05, 0.1) is 12.7 Å². The standard InChI is InChI=1S/C13H23N3O/c1-17-10-11-3-2-6-16(8-11)9-13(7-14)15-12-4-5-12/h11-13,15H,2-6,8-10H2,1H3. The maximum atomic E-state index is 9.14. The molecule has 0 aromatic heterocycles. The van der Waals surface area contributed by atoms with Gasteiger partial charge >= 0.3 is 0 Å². The predicted octanol–water partition coefficient (Wildman–Crippen LogP) is 0.989. The maximum absolute atomic E-state index is 9.14. The zero-order valence-corrected chi connectivity index (χ0v) is 10.7. The van der Waals surface area contributed by atoms with E-state index in [1.165, 1.54) is 25.7 Å². The number of rotatable bonds is 6. The van der Waals surface area contributed by atoms with Gasteiger partial charge in [0.15, 0.2) is 0 Å². The highest BCUT2D eigenvalue weighted by molar-refractivity contribution is 4.97. The van der Waals surface area contributed by atoms with E-state index in [-0.39, 0.29) is 6.04 Å². The molecule has 2 rings (SSSR count). The van der Waals surface area contributed by atoms with Crippen LogP contribution in [0.3, 0.4) is 0 Å². The van der Waals surface area contributed by atoms with E-state index < -0.39 is 0 Å². The average molecular weight is 237 g/mol. The molecule has 0 bridgehead atoms. The number of hydrogen-bond acceptors (Lipinski definition) is 4. The van der Waals surface area contributed by atoms with E-state index in [1.54, 1.807) is 7.11 Å². The Morgan fingerprint density at radius 2 is 2.29 bits per heavy atom. The minimum absolute atomic E-state index is 0.00351. The monoisotopic (exact) mass is 237 g/mol. The Hall–Kier alpha value is -0.630. The van der Waals surface area contributed by atoms with Crippen LogP contribution in [0.25, 0.3) is 0 Å². The van der Waals surface area contributed by atoms with E-state index in [4.69, 9.17) is 10.00 Å². The smallest absolute Gasteiger partial charge is 0.108 e. The lowest BCUT2D eigenvalue weighted by molar-refractivity contribution is 0.0883. The molecule has 2 atom stereocenters. The minimum Gasteiger partial charge on any atom is -0.384 e. The van der Waals surface area contributed by atoms with Gasteiger partial charge in [-0.2, -0.15) is 5.26 Å². The summed E-state index contributed by atoms with van der Waals surface area (Å²) >= 11 is 0. The number of methoxy groups -OCH3 is 1. The second-order valence-corrected chi connectivity index (χ2v) is 5.35. The Balaban J connectivity index is 1.74. The molecule has 2 aliphatic rings. The lowest BCUT2D eigenvalue weighted by Gasteiger charge is -2.33. The molecule has 1 aliphatic heterocycles. The van der Waals surface area contributed by atoms with E-state index in [0.29, 0.717) is 12.0 Å². The first-order chi connectivity index (χ1) is 8.31. The summed E-state index contributed by atoms with van der Waals surface area (Å²) in [5, 5.41) is 12.5. The zero-order valence-electron chi connectivity index (χ0n) is 10.7. The quantitative estimate of drug-likeness (QED) is 0.748. The fraction of sp³-hybridized carbons (Fsp3) is 0.923. The number of ether oxygens (including phenoxy) is 1. The van der Waals surface area contributed by atoms with E-state index in [1.807, 2.05) is 0 Å². The summed E-state index contributed by atoms with van der Waals surface area (Å²) in [7, 11) is 1.77. The number of nitrogens with zero attached hydrogens (tertiary/aromatic N) is 2. The Morgan fingerprint density at radius 3 is 2.94 bits per heavy atom. The first-order valence-electron chi connectivity index (χ1n) is 6.68. The third kappa shape index (κ3) is 4.27. The fourth-order valence-corrected chi connectivity index (χ4v) is 2.61. The van der Waals surface area contributed by atoms with Crippen molar-refractivity contribution in [2.24, 2.45) is 5.92 Å². The number of nitrogens with one attached hydrogen (secondary N) is 1. The van der Waals surface area contributed by atoms with Gasteiger partial charge in [-0.25, -0.2) is 0 Å². The van der Waals surface area contributed by atoms with Crippen molar-refractivity contribution >= 4 is 0 Å². The van der Waals surface area contributed by atoms with Gasteiger partial charge in [-0.3, -0.25) is 5.32 Å². The summed E-state index contributed by atoms with van der Waals surface area (Å²) in [6.45, 7) is 3.93. The van der Waals surface area contributed by atoms with Gasteiger partial charge < -0.3 is 9.64 Å². The second-order valence-electron chi connectivity index (χ2n) is 5.35. The molecule has 0 aromatic rings. The van der Waals surface area contributed by atoms with Gasteiger partial charge in [0.2, 0.25) is 0 Å². The number of piperidine rings is 1. The molecule has 4 nitrogen and oxygen atoms in total. The Morgan fingerprint density at radius 1 is 1.47 bits per heavy atom. The van der Waals surface area contributed by atoms with Gasteiger partial charge in [-0.15, -0.1) is 0 Å². The third-order valence-electron chi connectivity index (χ3n) is 3.62. The Kier molecular flexibility index (Phi) is 4.78. The van der Waals surface area contributed by atoms with Crippen molar-refractivity contribution in [2.75, 3.05) is 33.4 Å². The summed E-state index contributed by atoms with van der Waals surface area (Å²) in [5.74, 6) is 0.647. The van der Waals surface area contributed by atoms with Crippen LogP contribution < -0.4 is 5.32 Å². The van der Waals surface area contributed by atoms with E-state index in [9.17, 15) is 0 Å². The molecular formula is C13H23N3O. The van der Waals surface area contributed by atoms with Crippen LogP contribution in [0.5, 0.6) is 0 Å². The summed E-state index contributed by atoms with van der Waals surface area (Å²) in [6.07, 6.45) is 4.97. The number of hydrogen-bond donors (Lipinski definition) is 1. The maximum Gasteiger partial charge on any atom is 0.108 e. The van der Waals surface area contributed by atoms with Gasteiger partial charge in [0, 0.05) is 26.2 Å². The highest BCUT2D eigenvalue weighted by Gasteiger charge is 2.27. The summed E-state index contributed by atoms with van der Waals surface area (Å²) in [4.78, 5) is 2.41. The van der Waals surface area contributed by atoms with E-state index in [0.717, 1.165) is 26.2 Å². The molecule has 1 aliphatic carbocycles. The topological polar surface area (TPSA) is 48.3 Å². The van der Waals surface area contributed by atoms with Crippen LogP contribution in [0.4, 0.5) is 0 Å².